The summed E-state index contributed by atoms with van der Waals surface area (Å²) in [7, 11) is 0. The Morgan fingerprint density at radius 1 is 1.88 bits per heavy atom. The summed E-state index contributed by atoms with van der Waals surface area (Å²) in [4.78, 5) is 0. The molecule has 44 valence electrons. The largest absolute Gasteiger partial charge is 0.349 e. The predicted molar refractivity (Wildman–Crippen MR) is 32.1 cm³/mol. The van der Waals surface area contributed by atoms with Crippen molar-refractivity contribution in [3.05, 3.63) is 16.4 Å². The Morgan fingerprint density at radius 3 is 2.88 bits per heavy atom. The van der Waals surface area contributed by atoms with E-state index in [1.165, 1.54) is 0 Å². The summed E-state index contributed by atoms with van der Waals surface area (Å²) in [5, 5.41) is 3.59. The molecule has 0 saturated carbocycles. The normalized spacial score (nSPS) is 9.75. The predicted octanol–water partition coefficient (Wildman–Crippen LogP) is 0.896. The molecule has 0 aliphatic carbocycles. The molecule has 1 aromatic rings. The van der Waals surface area contributed by atoms with E-state index in [1.807, 2.05) is 0 Å². The summed E-state index contributed by atoms with van der Waals surface area (Å²) in [6.45, 7) is 0.426. The highest BCUT2D eigenvalue weighted by Crippen LogP contribution is 2.09. The van der Waals surface area contributed by atoms with Crippen molar-refractivity contribution in [2.45, 2.75) is 6.54 Å². The van der Waals surface area contributed by atoms with Crippen molar-refractivity contribution in [3.63, 3.8) is 0 Å². The number of nitrogens with zero attached hydrogens (tertiary/aromatic N) is 1. The van der Waals surface area contributed by atoms with Crippen LogP contribution in [-0.4, -0.2) is 5.16 Å². The molecule has 1 heterocycles. The first kappa shape index (κ1) is 5.78. The summed E-state index contributed by atoms with van der Waals surface area (Å²) in [5.74, 6) is 0. The highest BCUT2D eigenvalue weighted by molar-refractivity contribution is 9.10. The molecular formula is C4H5BrN2O. The zero-order valence-corrected chi connectivity index (χ0v) is 5.68. The SMILES string of the molecule is NCc1cc(Br)on1. The maximum atomic E-state index is 5.22. The molecule has 0 aliphatic rings. The van der Waals surface area contributed by atoms with Crippen LogP contribution >= 0.6 is 15.9 Å². The third-order valence-corrected chi connectivity index (χ3v) is 1.11. The van der Waals surface area contributed by atoms with Crippen molar-refractivity contribution in [1.82, 2.24) is 5.16 Å². The fraction of sp³-hybridized carbons (Fsp3) is 0.250. The number of rotatable bonds is 1. The second-order valence-corrected chi connectivity index (χ2v) is 2.11. The van der Waals surface area contributed by atoms with Crippen LogP contribution < -0.4 is 5.73 Å². The van der Waals surface area contributed by atoms with E-state index in [9.17, 15) is 0 Å². The molecule has 0 aliphatic heterocycles. The minimum absolute atomic E-state index is 0.426. The molecule has 1 rings (SSSR count). The molecule has 0 amide bonds. The average Bonchev–Trinajstić information content (AvgIpc) is 2.14. The lowest BCUT2D eigenvalue weighted by atomic mass is 10.5. The fourth-order valence-corrected chi connectivity index (χ4v) is 0.719. The van der Waals surface area contributed by atoms with Gasteiger partial charge in [-0.05, 0) is 15.9 Å². The molecule has 0 radical (unpaired) electrons. The average molecular weight is 177 g/mol. The van der Waals surface area contributed by atoms with Gasteiger partial charge in [0, 0.05) is 12.6 Å². The lowest BCUT2D eigenvalue weighted by molar-refractivity contribution is 0.393. The van der Waals surface area contributed by atoms with Gasteiger partial charge in [0.1, 0.15) is 0 Å². The van der Waals surface area contributed by atoms with Gasteiger partial charge in [0.05, 0.1) is 5.69 Å². The minimum Gasteiger partial charge on any atom is -0.349 e. The van der Waals surface area contributed by atoms with Crippen LogP contribution in [0.15, 0.2) is 15.3 Å². The summed E-state index contributed by atoms with van der Waals surface area (Å²) < 4.78 is 5.27. The molecular weight excluding hydrogens is 172 g/mol. The molecule has 2 N–H and O–H groups in total. The van der Waals surface area contributed by atoms with Crippen LogP contribution in [0.25, 0.3) is 0 Å². The molecule has 3 nitrogen and oxygen atoms in total. The van der Waals surface area contributed by atoms with Crippen LogP contribution in [0.1, 0.15) is 5.69 Å². The van der Waals surface area contributed by atoms with E-state index in [-0.39, 0.29) is 0 Å². The first-order chi connectivity index (χ1) is 3.83. The lowest BCUT2D eigenvalue weighted by Crippen LogP contribution is -1.94. The van der Waals surface area contributed by atoms with E-state index in [0.29, 0.717) is 11.2 Å². The highest BCUT2D eigenvalue weighted by atomic mass is 79.9. The van der Waals surface area contributed by atoms with Crippen molar-refractivity contribution in [3.8, 4) is 0 Å². The Morgan fingerprint density at radius 2 is 2.62 bits per heavy atom. The summed E-state index contributed by atoms with van der Waals surface area (Å²) in [6, 6.07) is 1.74. The summed E-state index contributed by atoms with van der Waals surface area (Å²) in [6.07, 6.45) is 0. The van der Waals surface area contributed by atoms with Gasteiger partial charge < -0.3 is 10.3 Å². The Kier molecular flexibility index (Phi) is 1.65. The van der Waals surface area contributed by atoms with E-state index < -0.39 is 0 Å². The maximum absolute atomic E-state index is 5.22. The first-order valence-electron chi connectivity index (χ1n) is 2.14. The third-order valence-electron chi connectivity index (χ3n) is 0.739. The number of hydrogen-bond acceptors (Lipinski definition) is 3. The molecule has 0 bridgehead atoms. The molecule has 0 atom stereocenters. The third kappa shape index (κ3) is 1.08. The maximum Gasteiger partial charge on any atom is 0.202 e. The molecule has 0 aromatic carbocycles. The topological polar surface area (TPSA) is 52.0 Å². The van der Waals surface area contributed by atoms with E-state index in [2.05, 4.69) is 25.6 Å². The Bertz CT molecular complexity index is 174. The highest BCUT2D eigenvalue weighted by Gasteiger charge is 1.95. The summed E-state index contributed by atoms with van der Waals surface area (Å²) in [5.41, 5.74) is 5.98. The van der Waals surface area contributed by atoms with E-state index in [1.54, 1.807) is 6.07 Å². The van der Waals surface area contributed by atoms with Crippen molar-refractivity contribution < 1.29 is 4.52 Å². The van der Waals surface area contributed by atoms with E-state index >= 15 is 0 Å². The Labute approximate surface area is 55.0 Å². The van der Waals surface area contributed by atoms with Gasteiger partial charge in [0.15, 0.2) is 0 Å². The fourth-order valence-electron chi connectivity index (χ4n) is 0.382. The molecule has 0 spiro atoms. The molecule has 0 fully saturated rings. The Hall–Kier alpha value is -0.350. The first-order valence-corrected chi connectivity index (χ1v) is 2.93. The van der Waals surface area contributed by atoms with Crippen LogP contribution in [0.2, 0.25) is 0 Å². The van der Waals surface area contributed by atoms with E-state index in [0.717, 1.165) is 5.69 Å². The van der Waals surface area contributed by atoms with Crippen molar-refractivity contribution in [1.29, 1.82) is 0 Å². The van der Waals surface area contributed by atoms with Gasteiger partial charge in [0.2, 0.25) is 4.67 Å². The van der Waals surface area contributed by atoms with Gasteiger partial charge in [-0.2, -0.15) is 0 Å². The lowest BCUT2D eigenvalue weighted by Gasteiger charge is -1.75. The van der Waals surface area contributed by atoms with Crippen LogP contribution in [0.4, 0.5) is 0 Å². The molecule has 0 saturated heterocycles. The van der Waals surface area contributed by atoms with Crippen molar-refractivity contribution in [2.75, 3.05) is 0 Å². The second kappa shape index (κ2) is 2.28. The number of hydrogen-bond donors (Lipinski definition) is 1. The standard InChI is InChI=1S/C4H5BrN2O/c5-4-1-3(2-6)7-8-4/h1H,2,6H2. The minimum atomic E-state index is 0.426. The molecule has 8 heavy (non-hydrogen) atoms. The van der Waals surface area contributed by atoms with Gasteiger partial charge in [-0.15, -0.1) is 0 Å². The number of aromatic nitrogens is 1. The van der Waals surface area contributed by atoms with Crippen LogP contribution in [0, 0.1) is 0 Å². The summed E-state index contributed by atoms with van der Waals surface area (Å²) >= 11 is 3.09. The number of nitrogens with two attached hydrogens (primary N) is 1. The zero-order chi connectivity index (χ0) is 5.98. The molecule has 0 unspecified atom stereocenters. The van der Waals surface area contributed by atoms with Crippen molar-refractivity contribution >= 4 is 15.9 Å². The quantitative estimate of drug-likeness (QED) is 0.693. The van der Waals surface area contributed by atoms with E-state index in [4.69, 9.17) is 5.73 Å². The zero-order valence-electron chi connectivity index (χ0n) is 4.10. The van der Waals surface area contributed by atoms with Gasteiger partial charge in [-0.3, -0.25) is 0 Å². The van der Waals surface area contributed by atoms with Gasteiger partial charge in [-0.1, -0.05) is 5.16 Å². The van der Waals surface area contributed by atoms with Gasteiger partial charge >= 0.3 is 0 Å². The van der Waals surface area contributed by atoms with Crippen LogP contribution in [0.3, 0.4) is 0 Å². The van der Waals surface area contributed by atoms with Crippen LogP contribution in [-0.2, 0) is 6.54 Å². The van der Waals surface area contributed by atoms with Gasteiger partial charge in [-0.25, -0.2) is 0 Å². The molecule has 1 aromatic heterocycles. The Balaban J connectivity index is 2.84. The monoisotopic (exact) mass is 176 g/mol. The van der Waals surface area contributed by atoms with Crippen LogP contribution in [0.5, 0.6) is 0 Å². The second-order valence-electron chi connectivity index (χ2n) is 1.33. The van der Waals surface area contributed by atoms with Gasteiger partial charge in [0.25, 0.3) is 0 Å². The molecule has 4 heteroatoms. The smallest absolute Gasteiger partial charge is 0.202 e. The van der Waals surface area contributed by atoms with Crippen molar-refractivity contribution in [2.24, 2.45) is 5.73 Å². The number of halogens is 1.